The van der Waals surface area contributed by atoms with Crippen LogP contribution in [0, 0.1) is 0 Å². The van der Waals surface area contributed by atoms with Gasteiger partial charge in [0, 0.05) is 28.6 Å². The van der Waals surface area contributed by atoms with Gasteiger partial charge in [-0.15, -0.1) is 0 Å². The van der Waals surface area contributed by atoms with Crippen molar-refractivity contribution in [2.75, 3.05) is 11.4 Å². The predicted octanol–water partition coefficient (Wildman–Crippen LogP) is 3.05. The van der Waals surface area contributed by atoms with Crippen molar-refractivity contribution in [3.05, 3.63) is 36.4 Å². The number of amides is 1. The average molecular weight is 306 g/mol. The van der Waals surface area contributed by atoms with Crippen LogP contribution >= 0.6 is 15.9 Å². The molecule has 18 heavy (non-hydrogen) atoms. The molecule has 1 fully saturated rings. The van der Waals surface area contributed by atoms with Gasteiger partial charge in [0.25, 0.3) is 0 Å². The number of carbonyl (C=O) groups excluding carboxylic acids is 1. The molecule has 0 radical (unpaired) electrons. The summed E-state index contributed by atoms with van der Waals surface area (Å²) < 4.78 is 0. The predicted molar refractivity (Wildman–Crippen MR) is 75.3 cm³/mol. The van der Waals surface area contributed by atoms with Crippen molar-refractivity contribution in [3.63, 3.8) is 0 Å². The highest BCUT2D eigenvalue weighted by Crippen LogP contribution is 2.34. The molecule has 1 aliphatic rings. The third-order valence-corrected chi connectivity index (χ3v) is 3.86. The van der Waals surface area contributed by atoms with E-state index >= 15 is 0 Å². The molecule has 0 spiro atoms. The van der Waals surface area contributed by atoms with Crippen LogP contribution in [0.3, 0.4) is 0 Å². The normalized spacial score (nSPS) is 19.7. The Morgan fingerprint density at radius 2 is 1.89 bits per heavy atom. The fourth-order valence-corrected chi connectivity index (χ4v) is 2.98. The lowest BCUT2D eigenvalue weighted by molar-refractivity contribution is -0.117. The topological polar surface area (TPSA) is 40.5 Å². The van der Waals surface area contributed by atoms with Crippen molar-refractivity contribution in [2.45, 2.75) is 11.2 Å². The first-order valence-corrected chi connectivity index (χ1v) is 6.73. The van der Waals surface area contributed by atoms with Gasteiger partial charge in [-0.3, -0.25) is 4.79 Å². The summed E-state index contributed by atoms with van der Waals surface area (Å²) >= 11 is 3.48. The van der Waals surface area contributed by atoms with Gasteiger partial charge in [-0.2, -0.15) is 0 Å². The van der Waals surface area contributed by atoms with E-state index in [1.165, 1.54) is 0 Å². The van der Waals surface area contributed by atoms with E-state index in [0.29, 0.717) is 13.0 Å². The second-order valence-corrected chi connectivity index (χ2v) is 5.75. The number of fused-ring (bicyclic) bond motifs is 1. The molecule has 3 rings (SSSR count). The zero-order chi connectivity index (χ0) is 12.7. The summed E-state index contributed by atoms with van der Waals surface area (Å²) in [5, 5.41) is 11.5. The maximum Gasteiger partial charge on any atom is 0.228 e. The Bertz CT molecular complexity index is 626. The van der Waals surface area contributed by atoms with E-state index in [2.05, 4.69) is 15.9 Å². The van der Waals surface area contributed by atoms with Crippen molar-refractivity contribution in [1.82, 2.24) is 0 Å². The zero-order valence-electron chi connectivity index (χ0n) is 9.64. The fourth-order valence-electron chi connectivity index (χ4n) is 2.41. The highest BCUT2D eigenvalue weighted by atomic mass is 79.9. The minimum absolute atomic E-state index is 0.118. The standard InChI is InChI=1S/C14H12BrNO2/c15-9-7-14(18)16(8-9)12-5-1-4-11-10(12)3-2-6-13(11)17/h1-6,9,17H,7-8H2. The van der Waals surface area contributed by atoms with Gasteiger partial charge >= 0.3 is 0 Å². The molecule has 1 N–H and O–H groups in total. The number of benzene rings is 2. The van der Waals surface area contributed by atoms with Gasteiger partial charge < -0.3 is 10.0 Å². The first-order valence-electron chi connectivity index (χ1n) is 5.82. The molecule has 0 aliphatic carbocycles. The SMILES string of the molecule is O=C1CC(Br)CN1c1cccc2c(O)cccc12. The summed E-state index contributed by atoms with van der Waals surface area (Å²) in [7, 11) is 0. The second-order valence-electron chi connectivity index (χ2n) is 4.46. The lowest BCUT2D eigenvalue weighted by Gasteiger charge is -2.18. The van der Waals surface area contributed by atoms with Crippen molar-refractivity contribution in [1.29, 1.82) is 0 Å². The summed E-state index contributed by atoms with van der Waals surface area (Å²) in [6.45, 7) is 0.674. The minimum atomic E-state index is 0.118. The van der Waals surface area contributed by atoms with E-state index in [0.717, 1.165) is 16.5 Å². The Kier molecular flexibility index (Phi) is 2.74. The molecule has 0 aromatic heterocycles. The Balaban J connectivity index is 2.18. The smallest absolute Gasteiger partial charge is 0.228 e. The van der Waals surface area contributed by atoms with Gasteiger partial charge in [0.05, 0.1) is 5.69 Å². The van der Waals surface area contributed by atoms with Crippen molar-refractivity contribution < 1.29 is 9.90 Å². The second kappa shape index (κ2) is 4.28. The highest BCUT2D eigenvalue weighted by Gasteiger charge is 2.29. The van der Waals surface area contributed by atoms with Crippen LogP contribution in [-0.4, -0.2) is 22.4 Å². The van der Waals surface area contributed by atoms with Crippen LogP contribution in [0.4, 0.5) is 5.69 Å². The number of aromatic hydroxyl groups is 1. The number of rotatable bonds is 1. The Morgan fingerprint density at radius 1 is 1.17 bits per heavy atom. The summed E-state index contributed by atoms with van der Waals surface area (Å²) in [4.78, 5) is 13.9. The maximum atomic E-state index is 11.9. The van der Waals surface area contributed by atoms with Gasteiger partial charge in [-0.05, 0) is 12.1 Å². The van der Waals surface area contributed by atoms with Gasteiger partial charge in [0.2, 0.25) is 5.91 Å². The van der Waals surface area contributed by atoms with E-state index in [9.17, 15) is 9.90 Å². The lowest BCUT2D eigenvalue weighted by atomic mass is 10.1. The number of anilines is 1. The van der Waals surface area contributed by atoms with E-state index in [-0.39, 0.29) is 16.5 Å². The Morgan fingerprint density at radius 3 is 2.61 bits per heavy atom. The molecule has 1 unspecified atom stereocenters. The third kappa shape index (κ3) is 1.77. The molecular formula is C14H12BrNO2. The zero-order valence-corrected chi connectivity index (χ0v) is 11.2. The number of halogens is 1. The van der Waals surface area contributed by atoms with Gasteiger partial charge in [-0.1, -0.05) is 40.2 Å². The molecule has 0 saturated carbocycles. The monoisotopic (exact) mass is 305 g/mol. The van der Waals surface area contributed by atoms with Gasteiger partial charge in [0.15, 0.2) is 0 Å². The molecule has 2 aromatic rings. The fraction of sp³-hybridized carbons (Fsp3) is 0.214. The summed E-state index contributed by atoms with van der Waals surface area (Å²) in [6.07, 6.45) is 0.523. The van der Waals surface area contributed by atoms with Crippen LogP contribution in [-0.2, 0) is 4.79 Å². The number of alkyl halides is 1. The molecule has 1 aliphatic heterocycles. The molecule has 3 nitrogen and oxygen atoms in total. The van der Waals surface area contributed by atoms with E-state index in [4.69, 9.17) is 0 Å². The number of nitrogens with zero attached hydrogens (tertiary/aromatic N) is 1. The lowest BCUT2D eigenvalue weighted by Crippen LogP contribution is -2.24. The first-order chi connectivity index (χ1) is 8.66. The van der Waals surface area contributed by atoms with Crippen molar-refractivity contribution in [3.8, 4) is 5.75 Å². The minimum Gasteiger partial charge on any atom is -0.507 e. The van der Waals surface area contributed by atoms with E-state index in [1.54, 1.807) is 17.0 Å². The molecule has 1 atom stereocenters. The van der Waals surface area contributed by atoms with Crippen molar-refractivity contribution in [2.24, 2.45) is 0 Å². The first kappa shape index (κ1) is 11.5. The van der Waals surface area contributed by atoms with Crippen LogP contribution in [0.2, 0.25) is 0 Å². The molecular weight excluding hydrogens is 294 g/mol. The molecule has 1 amide bonds. The van der Waals surface area contributed by atoms with Gasteiger partial charge in [-0.25, -0.2) is 0 Å². The summed E-state index contributed by atoms with van der Waals surface area (Å²) in [6, 6.07) is 11.0. The van der Waals surface area contributed by atoms with Crippen LogP contribution in [0.25, 0.3) is 10.8 Å². The molecule has 92 valence electrons. The van der Waals surface area contributed by atoms with Crippen LogP contribution < -0.4 is 4.90 Å². The van der Waals surface area contributed by atoms with E-state index < -0.39 is 0 Å². The third-order valence-electron chi connectivity index (χ3n) is 3.24. The highest BCUT2D eigenvalue weighted by molar-refractivity contribution is 9.09. The van der Waals surface area contributed by atoms with Crippen molar-refractivity contribution >= 4 is 38.3 Å². The van der Waals surface area contributed by atoms with E-state index in [1.807, 2.05) is 24.3 Å². The number of phenolic OH excluding ortho intramolecular Hbond substituents is 1. The largest absolute Gasteiger partial charge is 0.507 e. The Labute approximate surface area is 113 Å². The summed E-state index contributed by atoms with van der Waals surface area (Å²) in [5.41, 5.74) is 0.871. The van der Waals surface area contributed by atoms with Gasteiger partial charge in [0.1, 0.15) is 5.75 Å². The van der Waals surface area contributed by atoms with Crippen LogP contribution in [0.5, 0.6) is 5.75 Å². The Hall–Kier alpha value is -1.55. The molecule has 2 aromatic carbocycles. The average Bonchev–Trinajstić information content (AvgIpc) is 2.68. The maximum absolute atomic E-state index is 11.9. The number of hydrogen-bond acceptors (Lipinski definition) is 2. The quantitative estimate of drug-likeness (QED) is 0.823. The van der Waals surface area contributed by atoms with Crippen LogP contribution in [0.15, 0.2) is 36.4 Å². The number of hydrogen-bond donors (Lipinski definition) is 1. The molecule has 1 saturated heterocycles. The molecule has 4 heteroatoms. The summed E-state index contributed by atoms with van der Waals surface area (Å²) in [5.74, 6) is 0.365. The molecule has 0 bridgehead atoms. The molecule has 1 heterocycles. The number of carbonyl (C=O) groups is 1. The van der Waals surface area contributed by atoms with Crippen LogP contribution in [0.1, 0.15) is 6.42 Å². The number of phenols is 1.